The lowest BCUT2D eigenvalue weighted by molar-refractivity contribution is 1.50. The fourth-order valence-corrected chi connectivity index (χ4v) is 2.01. The molecule has 3 rings (SSSR count). The van der Waals surface area contributed by atoms with E-state index in [4.69, 9.17) is 17.2 Å². The van der Waals surface area contributed by atoms with Gasteiger partial charge < -0.3 is 17.2 Å². The molecule has 0 aliphatic carbocycles. The van der Waals surface area contributed by atoms with E-state index in [2.05, 4.69) is 4.98 Å². The van der Waals surface area contributed by atoms with E-state index in [9.17, 15) is 0 Å². The standard InChI is InChI=1S/C13H12N4/c14-7-2-4-11-10(5-7)13(16)9-3-1-8(15)6-12(9)17-11/h1-6H,14-15H2,(H2,16,17). The Hall–Kier alpha value is -2.49. The molecule has 0 bridgehead atoms. The predicted octanol–water partition coefficient (Wildman–Crippen LogP) is 2.13. The maximum absolute atomic E-state index is 6.14. The van der Waals surface area contributed by atoms with Gasteiger partial charge in [0, 0.05) is 22.1 Å². The summed E-state index contributed by atoms with van der Waals surface area (Å²) in [4.78, 5) is 4.52. The summed E-state index contributed by atoms with van der Waals surface area (Å²) in [7, 11) is 0. The van der Waals surface area contributed by atoms with Crippen LogP contribution in [-0.2, 0) is 0 Å². The average molecular weight is 224 g/mol. The van der Waals surface area contributed by atoms with Crippen LogP contribution in [0, 0.1) is 0 Å². The van der Waals surface area contributed by atoms with Gasteiger partial charge in [-0.2, -0.15) is 0 Å². The van der Waals surface area contributed by atoms with Crippen molar-refractivity contribution in [3.05, 3.63) is 36.4 Å². The average Bonchev–Trinajstić information content (AvgIpc) is 2.30. The van der Waals surface area contributed by atoms with Crippen LogP contribution >= 0.6 is 0 Å². The first-order valence-electron chi connectivity index (χ1n) is 5.29. The fourth-order valence-electron chi connectivity index (χ4n) is 2.01. The summed E-state index contributed by atoms with van der Waals surface area (Å²) in [5, 5.41) is 1.78. The molecule has 0 unspecified atom stereocenters. The van der Waals surface area contributed by atoms with E-state index >= 15 is 0 Å². The largest absolute Gasteiger partial charge is 0.399 e. The van der Waals surface area contributed by atoms with Gasteiger partial charge in [-0.05, 0) is 36.4 Å². The van der Waals surface area contributed by atoms with Crippen molar-refractivity contribution in [1.82, 2.24) is 4.98 Å². The highest BCUT2D eigenvalue weighted by molar-refractivity contribution is 6.07. The number of nitrogens with two attached hydrogens (primary N) is 3. The van der Waals surface area contributed by atoms with E-state index in [0.29, 0.717) is 17.1 Å². The van der Waals surface area contributed by atoms with Crippen molar-refractivity contribution in [1.29, 1.82) is 0 Å². The maximum Gasteiger partial charge on any atom is 0.0750 e. The molecule has 6 N–H and O–H groups in total. The van der Waals surface area contributed by atoms with Crippen LogP contribution in [0.25, 0.3) is 21.8 Å². The second-order valence-corrected chi connectivity index (χ2v) is 4.08. The number of nitrogens with zero attached hydrogens (tertiary/aromatic N) is 1. The molecular weight excluding hydrogens is 212 g/mol. The lowest BCUT2D eigenvalue weighted by Gasteiger charge is -2.07. The lowest BCUT2D eigenvalue weighted by atomic mass is 10.1. The summed E-state index contributed by atoms with van der Waals surface area (Å²) in [6, 6.07) is 11.0. The van der Waals surface area contributed by atoms with Crippen LogP contribution in [0.2, 0.25) is 0 Å². The van der Waals surface area contributed by atoms with Crippen LogP contribution in [0.3, 0.4) is 0 Å². The van der Waals surface area contributed by atoms with Gasteiger partial charge >= 0.3 is 0 Å². The summed E-state index contributed by atoms with van der Waals surface area (Å²) in [6.45, 7) is 0. The number of anilines is 3. The molecule has 0 atom stereocenters. The van der Waals surface area contributed by atoms with Crippen molar-refractivity contribution in [3.63, 3.8) is 0 Å². The van der Waals surface area contributed by atoms with Crippen LogP contribution in [-0.4, -0.2) is 4.98 Å². The molecule has 0 amide bonds. The molecular formula is C13H12N4. The first-order valence-corrected chi connectivity index (χ1v) is 5.29. The number of rotatable bonds is 0. The molecule has 1 aromatic heterocycles. The summed E-state index contributed by atoms with van der Waals surface area (Å²) < 4.78 is 0. The first-order chi connectivity index (χ1) is 8.15. The van der Waals surface area contributed by atoms with Crippen LogP contribution in [0.4, 0.5) is 17.1 Å². The van der Waals surface area contributed by atoms with E-state index in [1.165, 1.54) is 0 Å². The number of benzene rings is 2. The number of pyridine rings is 1. The third-order valence-electron chi connectivity index (χ3n) is 2.86. The summed E-state index contributed by atoms with van der Waals surface area (Å²) in [5.74, 6) is 0. The Bertz CT molecular complexity index is 734. The predicted molar refractivity (Wildman–Crippen MR) is 72.5 cm³/mol. The van der Waals surface area contributed by atoms with Gasteiger partial charge in [-0.25, -0.2) is 4.98 Å². The molecule has 0 aliphatic heterocycles. The number of hydrogen-bond donors (Lipinski definition) is 3. The molecule has 4 nitrogen and oxygen atoms in total. The lowest BCUT2D eigenvalue weighted by Crippen LogP contribution is -1.95. The third kappa shape index (κ3) is 1.42. The van der Waals surface area contributed by atoms with Crippen LogP contribution < -0.4 is 17.2 Å². The summed E-state index contributed by atoms with van der Waals surface area (Å²) in [6.07, 6.45) is 0. The Morgan fingerprint density at radius 2 is 1.41 bits per heavy atom. The molecule has 84 valence electrons. The van der Waals surface area contributed by atoms with E-state index in [0.717, 1.165) is 21.8 Å². The highest BCUT2D eigenvalue weighted by Gasteiger charge is 2.06. The Labute approximate surface area is 98.0 Å². The minimum absolute atomic E-state index is 0.680. The minimum Gasteiger partial charge on any atom is -0.399 e. The number of hydrogen-bond acceptors (Lipinski definition) is 4. The fraction of sp³-hybridized carbons (Fsp3) is 0. The monoisotopic (exact) mass is 224 g/mol. The molecule has 1 heterocycles. The Morgan fingerprint density at radius 1 is 0.706 bits per heavy atom. The van der Waals surface area contributed by atoms with Gasteiger partial charge in [0.15, 0.2) is 0 Å². The number of aromatic nitrogens is 1. The zero-order chi connectivity index (χ0) is 12.0. The molecule has 0 aliphatic rings. The van der Waals surface area contributed by atoms with Crippen molar-refractivity contribution < 1.29 is 0 Å². The van der Waals surface area contributed by atoms with Gasteiger partial charge in [0.25, 0.3) is 0 Å². The summed E-state index contributed by atoms with van der Waals surface area (Å²) in [5.41, 5.74) is 21.3. The normalized spacial score (nSPS) is 11.1. The Balaban J connectivity index is 2.52. The molecule has 4 heteroatoms. The van der Waals surface area contributed by atoms with Crippen molar-refractivity contribution in [3.8, 4) is 0 Å². The van der Waals surface area contributed by atoms with Gasteiger partial charge in [0.2, 0.25) is 0 Å². The highest BCUT2D eigenvalue weighted by atomic mass is 14.7. The topological polar surface area (TPSA) is 91.0 Å². The molecule has 0 fully saturated rings. The second-order valence-electron chi connectivity index (χ2n) is 4.08. The summed E-state index contributed by atoms with van der Waals surface area (Å²) >= 11 is 0. The van der Waals surface area contributed by atoms with E-state index in [1.54, 1.807) is 0 Å². The van der Waals surface area contributed by atoms with Crippen LogP contribution in [0.1, 0.15) is 0 Å². The second kappa shape index (κ2) is 3.25. The van der Waals surface area contributed by atoms with Crippen molar-refractivity contribution in [2.24, 2.45) is 0 Å². The van der Waals surface area contributed by atoms with Crippen molar-refractivity contribution in [2.45, 2.75) is 0 Å². The Kier molecular flexibility index (Phi) is 1.86. The number of nitrogen functional groups attached to an aromatic ring is 3. The van der Waals surface area contributed by atoms with E-state index < -0.39 is 0 Å². The SMILES string of the molecule is Nc1ccc2c(N)c3cc(N)ccc3nc2c1. The molecule has 0 saturated carbocycles. The molecule has 0 spiro atoms. The van der Waals surface area contributed by atoms with E-state index in [1.807, 2.05) is 36.4 Å². The smallest absolute Gasteiger partial charge is 0.0750 e. The number of fused-ring (bicyclic) bond motifs is 2. The minimum atomic E-state index is 0.680. The van der Waals surface area contributed by atoms with Crippen molar-refractivity contribution in [2.75, 3.05) is 17.2 Å². The zero-order valence-corrected chi connectivity index (χ0v) is 9.14. The van der Waals surface area contributed by atoms with Crippen molar-refractivity contribution >= 4 is 38.9 Å². The molecule has 2 aromatic carbocycles. The Morgan fingerprint density at radius 3 is 2.24 bits per heavy atom. The zero-order valence-electron chi connectivity index (χ0n) is 9.14. The van der Waals surface area contributed by atoms with Crippen LogP contribution in [0.15, 0.2) is 36.4 Å². The van der Waals surface area contributed by atoms with Gasteiger partial charge in [0.05, 0.1) is 16.7 Å². The van der Waals surface area contributed by atoms with Crippen LogP contribution in [0.5, 0.6) is 0 Å². The molecule has 17 heavy (non-hydrogen) atoms. The maximum atomic E-state index is 6.14. The van der Waals surface area contributed by atoms with Gasteiger partial charge in [0.1, 0.15) is 0 Å². The molecule has 0 saturated heterocycles. The molecule has 3 aromatic rings. The van der Waals surface area contributed by atoms with Gasteiger partial charge in [-0.3, -0.25) is 0 Å². The highest BCUT2D eigenvalue weighted by Crippen LogP contribution is 2.30. The van der Waals surface area contributed by atoms with Gasteiger partial charge in [-0.1, -0.05) is 0 Å². The third-order valence-corrected chi connectivity index (χ3v) is 2.86. The van der Waals surface area contributed by atoms with Gasteiger partial charge in [-0.15, -0.1) is 0 Å². The first kappa shape index (κ1) is 9.72. The molecule has 0 radical (unpaired) electrons. The quantitative estimate of drug-likeness (QED) is 0.403. The van der Waals surface area contributed by atoms with E-state index in [-0.39, 0.29) is 0 Å².